The number of aromatic nitrogens is 1. The second-order valence-electron chi connectivity index (χ2n) is 3.25. The number of pyridine rings is 1. The summed E-state index contributed by atoms with van der Waals surface area (Å²) in [6.07, 6.45) is -8.45. The molecule has 0 unspecified atom stereocenters. The Morgan fingerprint density at radius 2 is 1.95 bits per heavy atom. The van der Waals surface area contributed by atoms with Gasteiger partial charge in [0.1, 0.15) is 0 Å². The van der Waals surface area contributed by atoms with E-state index in [-0.39, 0.29) is 11.4 Å². The third-order valence-electron chi connectivity index (χ3n) is 1.89. The first-order valence-corrected chi connectivity index (χ1v) is 7.97. The van der Waals surface area contributed by atoms with Gasteiger partial charge in [-0.15, -0.1) is 13.2 Å². The number of hydrogen-bond acceptors (Lipinski definition) is 4. The highest BCUT2D eigenvalue weighted by molar-refractivity contribution is 9.08. The SMILES string of the molecule is O=S(=O)(Cl)c1nc(CBr)c(C(F)F)cc1OC(F)(F)F. The minimum Gasteiger partial charge on any atom is -0.403 e. The lowest BCUT2D eigenvalue weighted by molar-refractivity contribution is -0.275. The van der Waals surface area contributed by atoms with Crippen LogP contribution in [0.5, 0.6) is 5.75 Å². The van der Waals surface area contributed by atoms with Crippen LogP contribution in [0.3, 0.4) is 0 Å². The number of halogens is 7. The molecule has 0 N–H and O–H groups in total. The first kappa shape index (κ1) is 17.4. The third-order valence-corrected chi connectivity index (χ3v) is 3.61. The average molecular weight is 405 g/mol. The van der Waals surface area contributed by atoms with Crippen molar-refractivity contribution in [1.29, 1.82) is 0 Å². The van der Waals surface area contributed by atoms with Gasteiger partial charge in [0.05, 0.1) is 5.69 Å². The van der Waals surface area contributed by atoms with Crippen molar-refractivity contribution in [3.63, 3.8) is 0 Å². The van der Waals surface area contributed by atoms with E-state index in [2.05, 4.69) is 25.7 Å². The van der Waals surface area contributed by atoms with Crippen molar-refractivity contribution < 1.29 is 35.1 Å². The van der Waals surface area contributed by atoms with Crippen LogP contribution >= 0.6 is 26.6 Å². The van der Waals surface area contributed by atoms with Crippen LogP contribution in [0.2, 0.25) is 0 Å². The summed E-state index contributed by atoms with van der Waals surface area (Å²) in [6, 6.07) is 0.247. The van der Waals surface area contributed by atoms with Crippen LogP contribution in [0, 0.1) is 0 Å². The quantitative estimate of drug-likeness (QED) is 0.436. The van der Waals surface area contributed by atoms with Gasteiger partial charge in [-0.1, -0.05) is 15.9 Å². The van der Waals surface area contributed by atoms with Crippen molar-refractivity contribution in [1.82, 2.24) is 4.98 Å². The maximum Gasteiger partial charge on any atom is 0.573 e. The standard InChI is InChI=1S/C8H4BrClF5NO3S/c9-2-4-3(6(11)12)1-5(19-8(13,14)15)7(16-4)20(10,17)18/h1,6H,2H2. The summed E-state index contributed by atoms with van der Waals surface area (Å²) in [5.74, 6) is -1.41. The van der Waals surface area contributed by atoms with Crippen molar-refractivity contribution in [2.45, 2.75) is 23.1 Å². The van der Waals surface area contributed by atoms with Crippen molar-refractivity contribution in [3.05, 3.63) is 17.3 Å². The monoisotopic (exact) mass is 403 g/mol. The molecule has 12 heteroatoms. The molecule has 0 amide bonds. The fourth-order valence-electron chi connectivity index (χ4n) is 1.20. The summed E-state index contributed by atoms with van der Waals surface area (Å²) < 4.78 is 87.4. The molecule has 20 heavy (non-hydrogen) atoms. The van der Waals surface area contributed by atoms with E-state index in [4.69, 9.17) is 10.7 Å². The summed E-state index contributed by atoms with van der Waals surface area (Å²) in [5.41, 5.74) is -1.36. The molecule has 0 fully saturated rings. The lowest BCUT2D eigenvalue weighted by Crippen LogP contribution is -2.19. The smallest absolute Gasteiger partial charge is 0.403 e. The van der Waals surface area contributed by atoms with Gasteiger partial charge in [-0.25, -0.2) is 22.2 Å². The van der Waals surface area contributed by atoms with Gasteiger partial charge in [0, 0.05) is 21.6 Å². The highest BCUT2D eigenvalue weighted by atomic mass is 79.9. The van der Waals surface area contributed by atoms with Gasteiger partial charge in [-0.2, -0.15) is 0 Å². The fourth-order valence-corrected chi connectivity index (χ4v) is 2.54. The van der Waals surface area contributed by atoms with Crippen molar-refractivity contribution >= 4 is 35.7 Å². The van der Waals surface area contributed by atoms with Crippen LogP contribution in [-0.2, 0) is 14.4 Å². The lowest BCUT2D eigenvalue weighted by Gasteiger charge is -2.14. The molecule has 0 saturated carbocycles. The molecule has 0 aliphatic carbocycles. The molecule has 114 valence electrons. The predicted octanol–water partition coefficient (Wildman–Crippen LogP) is 3.74. The molecule has 4 nitrogen and oxygen atoms in total. The summed E-state index contributed by atoms with van der Waals surface area (Å²) in [4.78, 5) is 3.20. The molecular weight excluding hydrogens is 401 g/mol. The molecular formula is C8H4BrClF5NO3S. The second-order valence-corrected chi connectivity index (χ2v) is 6.29. The average Bonchev–Trinajstić information content (AvgIpc) is 2.24. The van der Waals surface area contributed by atoms with E-state index >= 15 is 0 Å². The molecule has 0 aliphatic rings. The van der Waals surface area contributed by atoms with Crippen LogP contribution in [0.15, 0.2) is 11.1 Å². The molecule has 0 saturated heterocycles. The van der Waals surface area contributed by atoms with E-state index in [0.29, 0.717) is 0 Å². The van der Waals surface area contributed by atoms with Gasteiger partial charge >= 0.3 is 6.36 Å². The van der Waals surface area contributed by atoms with Crippen molar-refractivity contribution in [2.24, 2.45) is 0 Å². The highest BCUT2D eigenvalue weighted by Gasteiger charge is 2.35. The molecule has 1 aromatic rings. The van der Waals surface area contributed by atoms with Crippen LogP contribution in [0.25, 0.3) is 0 Å². The molecule has 0 radical (unpaired) electrons. The van der Waals surface area contributed by atoms with E-state index in [0.717, 1.165) is 0 Å². The van der Waals surface area contributed by atoms with E-state index in [1.54, 1.807) is 0 Å². The zero-order chi connectivity index (χ0) is 15.7. The molecule has 0 bridgehead atoms. The van der Waals surface area contributed by atoms with Crippen LogP contribution in [0.1, 0.15) is 17.7 Å². The van der Waals surface area contributed by atoms with E-state index in [9.17, 15) is 30.4 Å². The zero-order valence-electron chi connectivity index (χ0n) is 9.09. The Labute approximate surface area is 122 Å². The van der Waals surface area contributed by atoms with Crippen molar-refractivity contribution in [2.75, 3.05) is 0 Å². The van der Waals surface area contributed by atoms with Gasteiger partial charge in [0.15, 0.2) is 5.75 Å². The summed E-state index contributed by atoms with van der Waals surface area (Å²) in [6.45, 7) is 0. The Kier molecular flexibility index (Phi) is 5.19. The van der Waals surface area contributed by atoms with Gasteiger partial charge in [0.25, 0.3) is 15.5 Å². The minimum absolute atomic E-state index is 0.247. The van der Waals surface area contributed by atoms with Crippen molar-refractivity contribution in [3.8, 4) is 5.75 Å². The maximum absolute atomic E-state index is 12.7. The Hall–Kier alpha value is -0.680. The largest absolute Gasteiger partial charge is 0.573 e. The minimum atomic E-state index is -5.28. The van der Waals surface area contributed by atoms with Crippen LogP contribution in [-0.4, -0.2) is 19.8 Å². The topological polar surface area (TPSA) is 56.3 Å². The third kappa shape index (κ3) is 4.42. The molecule has 0 aromatic carbocycles. The summed E-state index contributed by atoms with van der Waals surface area (Å²) in [5, 5.41) is -1.59. The zero-order valence-corrected chi connectivity index (χ0v) is 12.2. The predicted molar refractivity (Wildman–Crippen MR) is 61.5 cm³/mol. The summed E-state index contributed by atoms with van der Waals surface area (Å²) in [7, 11) is 0.202. The number of nitrogens with zero attached hydrogens (tertiary/aromatic N) is 1. The van der Waals surface area contributed by atoms with Gasteiger partial charge in [-0.05, 0) is 6.07 Å². The number of ether oxygens (including phenoxy) is 1. The van der Waals surface area contributed by atoms with Gasteiger partial charge in [0.2, 0.25) is 5.03 Å². The van der Waals surface area contributed by atoms with E-state index in [1.807, 2.05) is 0 Å². The van der Waals surface area contributed by atoms with E-state index in [1.165, 1.54) is 0 Å². The molecule has 0 aliphatic heterocycles. The van der Waals surface area contributed by atoms with Crippen LogP contribution in [0.4, 0.5) is 22.0 Å². The Bertz CT molecular complexity index is 607. The first-order chi connectivity index (χ1) is 8.95. The Morgan fingerprint density at radius 1 is 1.40 bits per heavy atom. The molecule has 1 aromatic heterocycles. The number of rotatable bonds is 4. The Balaban J connectivity index is 3.57. The Morgan fingerprint density at radius 3 is 2.30 bits per heavy atom. The first-order valence-electron chi connectivity index (χ1n) is 4.54. The second kappa shape index (κ2) is 5.98. The maximum atomic E-state index is 12.7. The van der Waals surface area contributed by atoms with Gasteiger partial charge < -0.3 is 4.74 Å². The molecule has 1 rings (SSSR count). The molecule has 0 atom stereocenters. The molecule has 1 heterocycles. The van der Waals surface area contributed by atoms with Crippen LogP contribution < -0.4 is 4.74 Å². The number of alkyl halides is 6. The lowest BCUT2D eigenvalue weighted by atomic mass is 10.2. The number of hydrogen-bond donors (Lipinski definition) is 0. The summed E-state index contributed by atoms with van der Waals surface area (Å²) >= 11 is 2.77. The molecule has 0 spiro atoms. The fraction of sp³-hybridized carbons (Fsp3) is 0.375. The highest BCUT2D eigenvalue weighted by Crippen LogP contribution is 2.35. The normalized spacial score (nSPS) is 12.8. The van der Waals surface area contributed by atoms with E-state index < -0.39 is 43.9 Å². The van der Waals surface area contributed by atoms with Gasteiger partial charge in [-0.3, -0.25) is 0 Å².